The maximum Gasteiger partial charge on any atom is 0.348 e. The van der Waals surface area contributed by atoms with Crippen molar-refractivity contribution in [2.24, 2.45) is 0 Å². The highest BCUT2D eigenvalue weighted by Crippen LogP contribution is 2.27. The van der Waals surface area contributed by atoms with Gasteiger partial charge in [0.15, 0.2) is 0 Å². The van der Waals surface area contributed by atoms with Gasteiger partial charge in [-0.25, -0.2) is 9.78 Å². The quantitative estimate of drug-likeness (QED) is 0.725. The van der Waals surface area contributed by atoms with E-state index in [1.807, 2.05) is 0 Å². The van der Waals surface area contributed by atoms with Crippen LogP contribution in [0.4, 0.5) is 0 Å². The number of aromatic nitrogens is 2. The molecule has 0 saturated carbocycles. The predicted molar refractivity (Wildman–Crippen MR) is 92.4 cm³/mol. The van der Waals surface area contributed by atoms with Gasteiger partial charge in [0, 0.05) is 13.1 Å². The minimum atomic E-state index is -0.387. The molecule has 0 aliphatic carbocycles. The molecule has 2 aromatic heterocycles. The number of hydrogen-bond donors (Lipinski definition) is 0. The second-order valence-corrected chi connectivity index (χ2v) is 6.23. The van der Waals surface area contributed by atoms with Crippen LogP contribution in [0.3, 0.4) is 0 Å². The minimum Gasteiger partial charge on any atom is -0.462 e. The number of aryl methyl sites for hydroxylation is 1. The molecule has 0 fully saturated rings. The Hall–Kier alpha value is -1.73. The maximum atomic E-state index is 12.7. The van der Waals surface area contributed by atoms with E-state index >= 15 is 0 Å². The Morgan fingerprint density at radius 3 is 2.65 bits per heavy atom. The van der Waals surface area contributed by atoms with E-state index in [4.69, 9.17) is 4.74 Å². The summed E-state index contributed by atoms with van der Waals surface area (Å²) in [6, 6.07) is 0. The van der Waals surface area contributed by atoms with Crippen LogP contribution in [0, 0.1) is 6.92 Å². The molecule has 7 heteroatoms. The van der Waals surface area contributed by atoms with Crippen LogP contribution < -0.4 is 5.56 Å². The Bertz CT molecular complexity index is 747. The molecule has 0 bridgehead atoms. The zero-order chi connectivity index (χ0) is 17.0. The summed E-state index contributed by atoms with van der Waals surface area (Å²) in [6.45, 7) is 11.3. The highest BCUT2D eigenvalue weighted by Gasteiger charge is 2.20. The van der Waals surface area contributed by atoms with E-state index in [9.17, 15) is 9.59 Å². The molecule has 23 heavy (non-hydrogen) atoms. The van der Waals surface area contributed by atoms with Gasteiger partial charge in [0.05, 0.1) is 18.3 Å². The predicted octanol–water partition coefficient (Wildman–Crippen LogP) is 2.28. The molecule has 0 spiro atoms. The fourth-order valence-electron chi connectivity index (χ4n) is 2.50. The van der Waals surface area contributed by atoms with Crippen molar-refractivity contribution in [2.75, 3.05) is 26.2 Å². The van der Waals surface area contributed by atoms with Crippen LogP contribution in [-0.2, 0) is 11.3 Å². The van der Waals surface area contributed by atoms with Gasteiger partial charge in [0.2, 0.25) is 0 Å². The number of esters is 1. The molecule has 0 amide bonds. The average Bonchev–Trinajstić information content (AvgIpc) is 2.88. The highest BCUT2D eigenvalue weighted by molar-refractivity contribution is 7.20. The van der Waals surface area contributed by atoms with Crippen molar-refractivity contribution in [2.45, 2.75) is 34.2 Å². The number of rotatable bonds is 7. The summed E-state index contributed by atoms with van der Waals surface area (Å²) in [6.07, 6.45) is 1.57. The summed E-state index contributed by atoms with van der Waals surface area (Å²) in [5.74, 6) is -0.387. The molecule has 126 valence electrons. The first kappa shape index (κ1) is 17.6. The van der Waals surface area contributed by atoms with Crippen LogP contribution in [0.5, 0.6) is 0 Å². The first-order valence-electron chi connectivity index (χ1n) is 7.91. The third-order valence-electron chi connectivity index (χ3n) is 3.93. The normalized spacial score (nSPS) is 11.3. The smallest absolute Gasteiger partial charge is 0.348 e. The largest absolute Gasteiger partial charge is 0.462 e. The molecular weight excluding hydrogens is 314 g/mol. The van der Waals surface area contributed by atoms with Crippen LogP contribution in [0.15, 0.2) is 11.1 Å². The summed E-state index contributed by atoms with van der Waals surface area (Å²) in [5.41, 5.74) is 0.574. The van der Waals surface area contributed by atoms with Gasteiger partial charge in [-0.1, -0.05) is 13.8 Å². The van der Waals surface area contributed by atoms with Crippen molar-refractivity contribution in [1.29, 1.82) is 0 Å². The summed E-state index contributed by atoms with van der Waals surface area (Å²) in [4.78, 5) is 32.3. The molecule has 0 aromatic carbocycles. The lowest BCUT2D eigenvalue weighted by Crippen LogP contribution is -2.31. The monoisotopic (exact) mass is 337 g/mol. The summed E-state index contributed by atoms with van der Waals surface area (Å²) in [5, 5.41) is 0.528. The standard InChI is InChI=1S/C16H23N3O3S/c1-5-18(6-2)8-9-19-10-17-14-12(15(19)20)11(4)13(23-14)16(21)22-7-3/h10H,5-9H2,1-4H3. The first-order valence-corrected chi connectivity index (χ1v) is 8.73. The first-order chi connectivity index (χ1) is 11.0. The molecular formula is C16H23N3O3S. The van der Waals surface area contributed by atoms with E-state index in [2.05, 4.69) is 23.7 Å². The molecule has 0 aliphatic rings. The number of carbonyl (C=O) groups is 1. The number of likely N-dealkylation sites (N-methyl/N-ethyl adjacent to an activating group) is 1. The molecule has 0 aliphatic heterocycles. The van der Waals surface area contributed by atoms with Gasteiger partial charge in [-0.3, -0.25) is 9.36 Å². The number of carbonyl (C=O) groups excluding carboxylic acids is 1. The lowest BCUT2D eigenvalue weighted by atomic mass is 10.2. The average molecular weight is 337 g/mol. The van der Waals surface area contributed by atoms with Crippen molar-refractivity contribution in [1.82, 2.24) is 14.5 Å². The fourth-order valence-corrected chi connectivity index (χ4v) is 3.53. The van der Waals surface area contributed by atoms with Crippen LogP contribution in [0.25, 0.3) is 10.2 Å². The molecule has 0 N–H and O–H groups in total. The van der Waals surface area contributed by atoms with E-state index in [1.54, 1.807) is 24.7 Å². The van der Waals surface area contributed by atoms with Gasteiger partial charge in [-0.05, 0) is 32.5 Å². The Kier molecular flexibility index (Phi) is 5.90. The highest BCUT2D eigenvalue weighted by atomic mass is 32.1. The molecule has 0 radical (unpaired) electrons. The van der Waals surface area contributed by atoms with E-state index in [0.29, 0.717) is 33.8 Å². The van der Waals surface area contributed by atoms with E-state index in [0.717, 1.165) is 19.6 Å². The SMILES string of the molecule is CCOC(=O)c1sc2ncn(CCN(CC)CC)c(=O)c2c1C. The fraction of sp³-hybridized carbons (Fsp3) is 0.562. The molecule has 0 unspecified atom stereocenters. The molecule has 2 heterocycles. The van der Waals surface area contributed by atoms with Crippen LogP contribution >= 0.6 is 11.3 Å². The van der Waals surface area contributed by atoms with Gasteiger partial charge >= 0.3 is 5.97 Å². The summed E-state index contributed by atoms with van der Waals surface area (Å²) in [7, 11) is 0. The third kappa shape index (κ3) is 3.61. The van der Waals surface area contributed by atoms with E-state index in [1.165, 1.54) is 11.3 Å². The minimum absolute atomic E-state index is 0.0912. The Morgan fingerprint density at radius 2 is 2.04 bits per heavy atom. The Balaban J connectivity index is 2.37. The van der Waals surface area contributed by atoms with Crippen LogP contribution in [0.1, 0.15) is 36.0 Å². The molecule has 0 saturated heterocycles. The number of thiophene rings is 1. The van der Waals surface area contributed by atoms with E-state index in [-0.39, 0.29) is 11.5 Å². The van der Waals surface area contributed by atoms with Gasteiger partial charge in [0.25, 0.3) is 5.56 Å². The van der Waals surface area contributed by atoms with Crippen molar-refractivity contribution in [3.63, 3.8) is 0 Å². The second kappa shape index (κ2) is 7.70. The van der Waals surface area contributed by atoms with Crippen molar-refractivity contribution in [3.05, 3.63) is 27.1 Å². The number of ether oxygens (including phenoxy) is 1. The zero-order valence-electron chi connectivity index (χ0n) is 14.1. The van der Waals surface area contributed by atoms with Gasteiger partial charge in [-0.15, -0.1) is 11.3 Å². The van der Waals surface area contributed by atoms with Gasteiger partial charge in [-0.2, -0.15) is 0 Å². The third-order valence-corrected chi connectivity index (χ3v) is 5.11. The number of nitrogens with zero attached hydrogens (tertiary/aromatic N) is 3. The molecule has 6 nitrogen and oxygen atoms in total. The second-order valence-electron chi connectivity index (χ2n) is 5.23. The van der Waals surface area contributed by atoms with Crippen molar-refractivity contribution < 1.29 is 9.53 Å². The lowest BCUT2D eigenvalue weighted by Gasteiger charge is -2.18. The maximum absolute atomic E-state index is 12.7. The molecule has 0 atom stereocenters. The summed E-state index contributed by atoms with van der Waals surface area (Å²) >= 11 is 1.22. The van der Waals surface area contributed by atoms with Crippen LogP contribution in [0.2, 0.25) is 0 Å². The van der Waals surface area contributed by atoms with Gasteiger partial charge < -0.3 is 9.64 Å². The number of fused-ring (bicyclic) bond motifs is 1. The lowest BCUT2D eigenvalue weighted by molar-refractivity contribution is 0.0531. The number of hydrogen-bond acceptors (Lipinski definition) is 6. The Morgan fingerprint density at radius 1 is 1.35 bits per heavy atom. The summed E-state index contributed by atoms with van der Waals surface area (Å²) < 4.78 is 6.67. The zero-order valence-corrected chi connectivity index (χ0v) is 14.9. The Labute approximate surface area is 139 Å². The van der Waals surface area contributed by atoms with Crippen molar-refractivity contribution >= 4 is 27.5 Å². The van der Waals surface area contributed by atoms with Crippen LogP contribution in [-0.4, -0.2) is 46.7 Å². The van der Waals surface area contributed by atoms with E-state index < -0.39 is 0 Å². The molecule has 2 rings (SSSR count). The van der Waals surface area contributed by atoms with Gasteiger partial charge in [0.1, 0.15) is 9.71 Å². The topological polar surface area (TPSA) is 64.4 Å². The molecule has 2 aromatic rings. The van der Waals surface area contributed by atoms with Crippen molar-refractivity contribution in [3.8, 4) is 0 Å².